The van der Waals surface area contributed by atoms with Gasteiger partial charge in [0, 0.05) is 12.0 Å². The summed E-state index contributed by atoms with van der Waals surface area (Å²) >= 11 is 0. The van der Waals surface area contributed by atoms with Gasteiger partial charge in [-0.3, -0.25) is 0 Å². The van der Waals surface area contributed by atoms with E-state index in [9.17, 15) is 8.78 Å². The van der Waals surface area contributed by atoms with Crippen molar-refractivity contribution in [3.63, 3.8) is 0 Å². The summed E-state index contributed by atoms with van der Waals surface area (Å²) in [6.45, 7) is 0. The zero-order chi connectivity index (χ0) is 14.8. The lowest BCUT2D eigenvalue weighted by Crippen LogP contribution is -1.92. The Hall–Kier alpha value is -2.76. The van der Waals surface area contributed by atoms with Gasteiger partial charge in [-0.05, 0) is 35.9 Å². The first-order valence-electron chi connectivity index (χ1n) is 6.24. The standard InChI is InChI=1S/C15H11F2N3O/c16-11-4-1-9(2-5-11)7-14-19-15(21-20-14)10-3-6-13(18)12(17)8-10/h1-6,8H,7,18H2. The number of nitrogen functional groups attached to an aromatic ring is 1. The van der Waals surface area contributed by atoms with Crippen molar-refractivity contribution in [2.75, 3.05) is 5.73 Å². The van der Waals surface area contributed by atoms with E-state index in [0.717, 1.165) is 5.56 Å². The molecule has 0 aliphatic carbocycles. The van der Waals surface area contributed by atoms with Gasteiger partial charge >= 0.3 is 0 Å². The third-order valence-electron chi connectivity index (χ3n) is 2.99. The second kappa shape index (κ2) is 5.32. The number of halogens is 2. The lowest BCUT2D eigenvalue weighted by molar-refractivity contribution is 0.423. The number of nitrogens with two attached hydrogens (primary N) is 1. The monoisotopic (exact) mass is 287 g/mol. The summed E-state index contributed by atoms with van der Waals surface area (Å²) in [7, 11) is 0. The van der Waals surface area contributed by atoms with Crippen LogP contribution in [-0.2, 0) is 6.42 Å². The summed E-state index contributed by atoms with van der Waals surface area (Å²) in [6.07, 6.45) is 0.404. The highest BCUT2D eigenvalue weighted by Crippen LogP contribution is 2.22. The fourth-order valence-electron chi connectivity index (χ4n) is 1.89. The fraction of sp³-hybridized carbons (Fsp3) is 0.0667. The molecular weight excluding hydrogens is 276 g/mol. The number of anilines is 1. The number of aromatic nitrogens is 2. The van der Waals surface area contributed by atoms with E-state index in [1.54, 1.807) is 18.2 Å². The van der Waals surface area contributed by atoms with Crippen molar-refractivity contribution in [3.05, 3.63) is 65.5 Å². The number of nitrogens with zero attached hydrogens (tertiary/aromatic N) is 2. The molecule has 6 heteroatoms. The SMILES string of the molecule is Nc1ccc(-c2nc(Cc3ccc(F)cc3)no2)cc1F. The Morgan fingerprint density at radius 2 is 1.81 bits per heavy atom. The third kappa shape index (κ3) is 2.89. The molecular formula is C15H11F2N3O. The lowest BCUT2D eigenvalue weighted by Gasteiger charge is -1.98. The van der Waals surface area contributed by atoms with E-state index in [2.05, 4.69) is 10.1 Å². The maximum absolute atomic E-state index is 13.4. The zero-order valence-corrected chi connectivity index (χ0v) is 10.9. The van der Waals surface area contributed by atoms with E-state index >= 15 is 0 Å². The van der Waals surface area contributed by atoms with Gasteiger partial charge in [0.2, 0.25) is 0 Å². The van der Waals surface area contributed by atoms with Crippen molar-refractivity contribution in [2.24, 2.45) is 0 Å². The average molecular weight is 287 g/mol. The minimum atomic E-state index is -0.536. The summed E-state index contributed by atoms with van der Waals surface area (Å²) in [4.78, 5) is 4.19. The van der Waals surface area contributed by atoms with Gasteiger partial charge in [0.15, 0.2) is 5.82 Å². The van der Waals surface area contributed by atoms with Gasteiger partial charge in [0.1, 0.15) is 11.6 Å². The van der Waals surface area contributed by atoms with E-state index < -0.39 is 5.82 Å². The first-order valence-corrected chi connectivity index (χ1v) is 6.24. The van der Waals surface area contributed by atoms with Crippen molar-refractivity contribution in [1.29, 1.82) is 0 Å². The van der Waals surface area contributed by atoms with E-state index in [1.165, 1.54) is 24.3 Å². The summed E-state index contributed by atoms with van der Waals surface area (Å²) in [5, 5.41) is 3.83. The zero-order valence-electron chi connectivity index (χ0n) is 10.9. The van der Waals surface area contributed by atoms with Crippen LogP contribution in [0, 0.1) is 11.6 Å². The minimum Gasteiger partial charge on any atom is -0.396 e. The maximum atomic E-state index is 13.4. The normalized spacial score (nSPS) is 10.8. The van der Waals surface area contributed by atoms with Gasteiger partial charge in [-0.15, -0.1) is 0 Å². The molecule has 0 saturated heterocycles. The first-order chi connectivity index (χ1) is 10.1. The largest absolute Gasteiger partial charge is 0.396 e. The number of benzene rings is 2. The molecule has 2 aromatic carbocycles. The molecule has 0 aliphatic rings. The maximum Gasteiger partial charge on any atom is 0.258 e. The molecule has 0 bridgehead atoms. The van der Waals surface area contributed by atoms with Crippen LogP contribution in [0.4, 0.5) is 14.5 Å². The highest BCUT2D eigenvalue weighted by molar-refractivity contribution is 5.57. The number of hydrogen-bond acceptors (Lipinski definition) is 4. The minimum absolute atomic E-state index is 0.0600. The molecule has 1 heterocycles. The average Bonchev–Trinajstić information content (AvgIpc) is 2.93. The molecule has 0 unspecified atom stereocenters. The molecule has 0 atom stereocenters. The molecule has 0 saturated carbocycles. The summed E-state index contributed by atoms with van der Waals surface area (Å²) in [5.74, 6) is -0.185. The fourth-order valence-corrected chi connectivity index (χ4v) is 1.89. The predicted molar refractivity (Wildman–Crippen MR) is 73.3 cm³/mol. The number of rotatable bonds is 3. The van der Waals surface area contributed by atoms with E-state index in [-0.39, 0.29) is 17.4 Å². The van der Waals surface area contributed by atoms with Crippen LogP contribution < -0.4 is 5.73 Å². The van der Waals surface area contributed by atoms with Crippen molar-refractivity contribution < 1.29 is 13.3 Å². The van der Waals surface area contributed by atoms with Crippen molar-refractivity contribution in [1.82, 2.24) is 10.1 Å². The summed E-state index contributed by atoms with van der Waals surface area (Å²) < 4.78 is 31.3. The highest BCUT2D eigenvalue weighted by Gasteiger charge is 2.11. The van der Waals surface area contributed by atoms with Gasteiger partial charge in [0.05, 0.1) is 5.69 Å². The van der Waals surface area contributed by atoms with Crippen LogP contribution in [0.3, 0.4) is 0 Å². The molecule has 0 fully saturated rings. The Labute approximate surface area is 119 Å². The van der Waals surface area contributed by atoms with Crippen LogP contribution in [0.5, 0.6) is 0 Å². The smallest absolute Gasteiger partial charge is 0.258 e. The molecule has 3 rings (SSSR count). The Bertz CT molecular complexity index is 769. The second-order valence-corrected chi connectivity index (χ2v) is 4.56. The van der Waals surface area contributed by atoms with Crippen molar-refractivity contribution >= 4 is 5.69 Å². The molecule has 3 aromatic rings. The van der Waals surface area contributed by atoms with E-state index in [0.29, 0.717) is 17.8 Å². The van der Waals surface area contributed by atoms with Crippen LogP contribution >= 0.6 is 0 Å². The molecule has 0 radical (unpaired) electrons. The Kier molecular flexibility index (Phi) is 3.35. The van der Waals surface area contributed by atoms with Crippen LogP contribution in [0.2, 0.25) is 0 Å². The van der Waals surface area contributed by atoms with Crippen LogP contribution in [0.1, 0.15) is 11.4 Å². The third-order valence-corrected chi connectivity index (χ3v) is 2.99. The van der Waals surface area contributed by atoms with Gasteiger partial charge < -0.3 is 10.3 Å². The van der Waals surface area contributed by atoms with Gasteiger partial charge in [-0.2, -0.15) is 4.98 Å². The molecule has 21 heavy (non-hydrogen) atoms. The highest BCUT2D eigenvalue weighted by atomic mass is 19.1. The van der Waals surface area contributed by atoms with Gasteiger partial charge in [-0.1, -0.05) is 17.3 Å². The molecule has 4 nitrogen and oxygen atoms in total. The second-order valence-electron chi connectivity index (χ2n) is 4.56. The van der Waals surface area contributed by atoms with Gasteiger partial charge in [0.25, 0.3) is 5.89 Å². The summed E-state index contributed by atoms with van der Waals surface area (Å²) in [6, 6.07) is 10.3. The van der Waals surface area contributed by atoms with E-state index in [4.69, 9.17) is 10.3 Å². The molecule has 0 spiro atoms. The van der Waals surface area contributed by atoms with Crippen molar-refractivity contribution in [2.45, 2.75) is 6.42 Å². The quantitative estimate of drug-likeness (QED) is 0.751. The number of hydrogen-bond donors (Lipinski definition) is 1. The molecule has 2 N–H and O–H groups in total. The van der Waals surface area contributed by atoms with E-state index in [1.807, 2.05) is 0 Å². The topological polar surface area (TPSA) is 64.9 Å². The van der Waals surface area contributed by atoms with Crippen molar-refractivity contribution in [3.8, 4) is 11.5 Å². The van der Waals surface area contributed by atoms with Crippen LogP contribution in [-0.4, -0.2) is 10.1 Å². The first kappa shape index (κ1) is 13.2. The Balaban J connectivity index is 1.82. The lowest BCUT2D eigenvalue weighted by atomic mass is 10.1. The molecule has 1 aromatic heterocycles. The molecule has 106 valence electrons. The molecule has 0 aliphatic heterocycles. The summed E-state index contributed by atoms with van der Waals surface area (Å²) in [5.41, 5.74) is 6.79. The van der Waals surface area contributed by atoms with Gasteiger partial charge in [-0.25, -0.2) is 8.78 Å². The Morgan fingerprint density at radius 3 is 2.52 bits per heavy atom. The Morgan fingerprint density at radius 1 is 1.05 bits per heavy atom. The predicted octanol–water partition coefficient (Wildman–Crippen LogP) is 3.19. The van der Waals surface area contributed by atoms with Crippen LogP contribution in [0.15, 0.2) is 47.0 Å². The van der Waals surface area contributed by atoms with Crippen LogP contribution in [0.25, 0.3) is 11.5 Å². The molecule has 0 amide bonds.